The minimum absolute atomic E-state index is 0.0162. The first-order valence-electron chi connectivity index (χ1n) is 10.0. The SMILES string of the molecule is CCc1ccccc1CN1CCCn2cccc2C1c1cccc(OC)c1O. The van der Waals surface area contributed by atoms with Crippen molar-refractivity contribution >= 4 is 0 Å². The number of nitrogens with zero attached hydrogens (tertiary/aromatic N) is 2. The molecule has 0 saturated heterocycles. The monoisotopic (exact) mass is 376 g/mol. The van der Waals surface area contributed by atoms with Crippen molar-refractivity contribution < 1.29 is 9.84 Å². The molecule has 3 aromatic rings. The lowest BCUT2D eigenvalue weighted by atomic mass is 9.98. The zero-order valence-corrected chi connectivity index (χ0v) is 16.6. The number of hydrogen-bond acceptors (Lipinski definition) is 3. The summed E-state index contributed by atoms with van der Waals surface area (Å²) < 4.78 is 7.71. The molecule has 0 fully saturated rings. The summed E-state index contributed by atoms with van der Waals surface area (Å²) in [6.07, 6.45) is 4.25. The first kappa shape index (κ1) is 18.6. The van der Waals surface area contributed by atoms with Crippen molar-refractivity contribution in [1.82, 2.24) is 9.47 Å². The van der Waals surface area contributed by atoms with Crippen molar-refractivity contribution in [2.75, 3.05) is 13.7 Å². The van der Waals surface area contributed by atoms with E-state index in [1.165, 1.54) is 16.8 Å². The predicted octanol–water partition coefficient (Wildman–Crippen LogP) is 4.76. The van der Waals surface area contributed by atoms with Gasteiger partial charge in [-0.3, -0.25) is 4.90 Å². The molecule has 1 aliphatic heterocycles. The van der Waals surface area contributed by atoms with Crippen LogP contribution in [-0.2, 0) is 19.5 Å². The quantitative estimate of drug-likeness (QED) is 0.698. The molecule has 2 aromatic carbocycles. The van der Waals surface area contributed by atoms with Crippen LogP contribution < -0.4 is 4.74 Å². The molecule has 0 radical (unpaired) electrons. The number of aromatic nitrogens is 1. The maximum Gasteiger partial charge on any atom is 0.162 e. The van der Waals surface area contributed by atoms with Crippen molar-refractivity contribution in [1.29, 1.82) is 0 Å². The molecular weight excluding hydrogens is 348 g/mol. The summed E-state index contributed by atoms with van der Waals surface area (Å²) in [6.45, 7) is 5.03. The van der Waals surface area contributed by atoms with E-state index in [9.17, 15) is 5.11 Å². The number of aromatic hydroxyl groups is 1. The Balaban J connectivity index is 1.80. The largest absolute Gasteiger partial charge is 0.504 e. The maximum absolute atomic E-state index is 10.9. The molecule has 1 aliphatic rings. The fraction of sp³-hybridized carbons (Fsp3) is 0.333. The summed E-state index contributed by atoms with van der Waals surface area (Å²) >= 11 is 0. The molecule has 0 bridgehead atoms. The molecular formula is C24H28N2O2. The van der Waals surface area contributed by atoms with E-state index in [4.69, 9.17) is 4.74 Å². The topological polar surface area (TPSA) is 37.6 Å². The van der Waals surface area contributed by atoms with Crippen LogP contribution in [0, 0.1) is 0 Å². The number of rotatable bonds is 5. The van der Waals surface area contributed by atoms with E-state index < -0.39 is 0 Å². The number of phenolic OH excluding ortho intramolecular Hbond substituents is 1. The normalized spacial score (nSPS) is 17.1. The van der Waals surface area contributed by atoms with Crippen LogP contribution in [0.15, 0.2) is 60.8 Å². The van der Waals surface area contributed by atoms with Gasteiger partial charge in [0.2, 0.25) is 0 Å². The van der Waals surface area contributed by atoms with E-state index in [1.54, 1.807) is 7.11 Å². The van der Waals surface area contributed by atoms with E-state index in [0.29, 0.717) is 5.75 Å². The summed E-state index contributed by atoms with van der Waals surface area (Å²) in [4.78, 5) is 2.49. The molecule has 1 atom stereocenters. The molecule has 0 saturated carbocycles. The molecule has 4 heteroatoms. The van der Waals surface area contributed by atoms with Crippen LogP contribution in [0.3, 0.4) is 0 Å². The van der Waals surface area contributed by atoms with Gasteiger partial charge < -0.3 is 14.4 Å². The number of ether oxygens (including phenoxy) is 1. The molecule has 1 N–H and O–H groups in total. The molecule has 1 unspecified atom stereocenters. The third kappa shape index (κ3) is 3.40. The number of benzene rings is 2. The number of methoxy groups -OCH3 is 1. The van der Waals surface area contributed by atoms with E-state index in [1.807, 2.05) is 18.2 Å². The van der Waals surface area contributed by atoms with Crippen LogP contribution in [0.5, 0.6) is 11.5 Å². The maximum atomic E-state index is 10.9. The number of aryl methyl sites for hydroxylation is 2. The van der Waals surface area contributed by atoms with Crippen molar-refractivity contribution in [2.24, 2.45) is 0 Å². The highest BCUT2D eigenvalue weighted by Gasteiger charge is 2.30. The lowest BCUT2D eigenvalue weighted by Gasteiger charge is -2.32. The highest BCUT2D eigenvalue weighted by molar-refractivity contribution is 5.49. The zero-order valence-electron chi connectivity index (χ0n) is 16.6. The van der Waals surface area contributed by atoms with Gasteiger partial charge in [-0.1, -0.05) is 43.3 Å². The first-order valence-corrected chi connectivity index (χ1v) is 10.0. The van der Waals surface area contributed by atoms with Crippen molar-refractivity contribution in [3.05, 3.63) is 83.2 Å². The van der Waals surface area contributed by atoms with Crippen LogP contribution in [-0.4, -0.2) is 28.2 Å². The van der Waals surface area contributed by atoms with Gasteiger partial charge in [-0.15, -0.1) is 0 Å². The Morgan fingerprint density at radius 1 is 1.00 bits per heavy atom. The van der Waals surface area contributed by atoms with Crippen LogP contribution in [0.1, 0.15) is 41.8 Å². The van der Waals surface area contributed by atoms with Gasteiger partial charge >= 0.3 is 0 Å². The Hall–Kier alpha value is -2.72. The van der Waals surface area contributed by atoms with Gasteiger partial charge in [-0.05, 0) is 42.2 Å². The lowest BCUT2D eigenvalue weighted by molar-refractivity contribution is 0.215. The second kappa shape index (κ2) is 8.11. The fourth-order valence-electron chi connectivity index (χ4n) is 4.37. The van der Waals surface area contributed by atoms with Gasteiger partial charge in [-0.2, -0.15) is 0 Å². The van der Waals surface area contributed by atoms with Crippen LogP contribution in [0.25, 0.3) is 0 Å². The molecule has 0 spiro atoms. The number of para-hydroxylation sites is 1. The van der Waals surface area contributed by atoms with Crippen LogP contribution in [0.2, 0.25) is 0 Å². The summed E-state index contributed by atoms with van der Waals surface area (Å²) in [5, 5.41) is 10.9. The van der Waals surface area contributed by atoms with Gasteiger partial charge in [0.1, 0.15) is 0 Å². The smallest absolute Gasteiger partial charge is 0.162 e. The van der Waals surface area contributed by atoms with Gasteiger partial charge in [-0.25, -0.2) is 0 Å². The van der Waals surface area contributed by atoms with E-state index in [0.717, 1.165) is 38.0 Å². The van der Waals surface area contributed by atoms with E-state index in [2.05, 4.69) is 59.0 Å². The standard InChI is InChI=1S/C24H28N2O2/c1-3-18-9-4-5-10-19(18)17-26-16-8-15-25-14-7-12-21(25)23(26)20-11-6-13-22(28-2)24(20)27/h4-7,9-14,23,27H,3,8,15-17H2,1-2H3. The fourth-order valence-corrected chi connectivity index (χ4v) is 4.37. The van der Waals surface area contributed by atoms with Gasteiger partial charge in [0.25, 0.3) is 0 Å². The average molecular weight is 377 g/mol. The summed E-state index contributed by atoms with van der Waals surface area (Å²) in [5.41, 5.74) is 4.86. The van der Waals surface area contributed by atoms with Crippen LogP contribution in [0.4, 0.5) is 0 Å². The molecule has 4 rings (SSSR count). The van der Waals surface area contributed by atoms with E-state index >= 15 is 0 Å². The van der Waals surface area contributed by atoms with Gasteiger partial charge in [0.05, 0.1) is 13.2 Å². The van der Waals surface area contributed by atoms with Gasteiger partial charge in [0, 0.05) is 37.1 Å². The molecule has 0 amide bonds. The number of hydrogen-bond donors (Lipinski definition) is 1. The Morgan fingerprint density at radius 2 is 1.82 bits per heavy atom. The summed E-state index contributed by atoms with van der Waals surface area (Å²) in [7, 11) is 1.60. The molecule has 2 heterocycles. The van der Waals surface area contributed by atoms with Crippen LogP contribution >= 0.6 is 0 Å². The Bertz CT molecular complexity index is 947. The number of fused-ring (bicyclic) bond motifs is 1. The van der Waals surface area contributed by atoms with Crippen molar-refractivity contribution in [2.45, 2.75) is 38.9 Å². The average Bonchev–Trinajstić information content (AvgIpc) is 3.11. The zero-order chi connectivity index (χ0) is 19.5. The third-order valence-corrected chi connectivity index (χ3v) is 5.77. The Labute approximate surface area is 167 Å². The highest BCUT2D eigenvalue weighted by atomic mass is 16.5. The molecule has 4 nitrogen and oxygen atoms in total. The predicted molar refractivity (Wildman–Crippen MR) is 112 cm³/mol. The second-order valence-electron chi connectivity index (χ2n) is 7.37. The summed E-state index contributed by atoms with van der Waals surface area (Å²) in [6, 6.07) is 18.7. The highest BCUT2D eigenvalue weighted by Crippen LogP contribution is 2.41. The molecule has 28 heavy (non-hydrogen) atoms. The van der Waals surface area contributed by atoms with Gasteiger partial charge in [0.15, 0.2) is 11.5 Å². The Kier molecular flexibility index (Phi) is 5.40. The third-order valence-electron chi connectivity index (χ3n) is 5.77. The molecule has 146 valence electrons. The second-order valence-corrected chi connectivity index (χ2v) is 7.37. The minimum atomic E-state index is -0.0162. The Morgan fingerprint density at radius 3 is 2.61 bits per heavy atom. The first-order chi connectivity index (χ1) is 13.7. The minimum Gasteiger partial charge on any atom is -0.504 e. The molecule has 1 aromatic heterocycles. The lowest BCUT2D eigenvalue weighted by Crippen LogP contribution is -2.30. The van der Waals surface area contributed by atoms with Crippen molar-refractivity contribution in [3.63, 3.8) is 0 Å². The van der Waals surface area contributed by atoms with E-state index in [-0.39, 0.29) is 11.8 Å². The summed E-state index contributed by atoms with van der Waals surface area (Å²) in [5.74, 6) is 0.757. The van der Waals surface area contributed by atoms with Crippen molar-refractivity contribution in [3.8, 4) is 11.5 Å². The number of phenols is 1. The molecule has 0 aliphatic carbocycles.